The first-order chi connectivity index (χ1) is 13.0. The number of aliphatic hydroxyl groups is 1. The summed E-state index contributed by atoms with van der Waals surface area (Å²) in [7, 11) is 0. The number of nitrogen functional groups attached to an aromatic ring is 1. The maximum atomic E-state index is 11.9. The number of amidine groups is 1. The number of hydrogen-bond acceptors (Lipinski definition) is 6. The summed E-state index contributed by atoms with van der Waals surface area (Å²) in [5, 5.41) is 29.1. The van der Waals surface area contributed by atoms with Crippen LogP contribution in [0.15, 0.2) is 42.5 Å². The maximum Gasteiger partial charge on any atom is 0.330 e. The van der Waals surface area contributed by atoms with E-state index in [1.54, 1.807) is 42.5 Å². The minimum atomic E-state index is -1.11. The molecule has 0 amide bonds. The van der Waals surface area contributed by atoms with Gasteiger partial charge in [0.05, 0.1) is 13.2 Å². The number of carboxylic acid groups (broad SMARTS) is 1. The summed E-state index contributed by atoms with van der Waals surface area (Å²) in [5.74, 6) is -0.315. The number of hydrogen-bond donors (Lipinski definition) is 5. The zero-order chi connectivity index (χ0) is 19.8. The SMILES string of the molecule is CCOc1ccc(OCCO)c(C(Nc2ccc(C(=N)N)cc2)C(=O)O)c1. The van der Waals surface area contributed by atoms with Crippen LogP contribution in [0, 0.1) is 5.41 Å². The Balaban J connectivity index is 2.36. The Morgan fingerprint density at radius 3 is 2.48 bits per heavy atom. The highest BCUT2D eigenvalue weighted by Crippen LogP contribution is 2.32. The summed E-state index contributed by atoms with van der Waals surface area (Å²) in [4.78, 5) is 11.9. The molecule has 0 aliphatic rings. The first-order valence-corrected chi connectivity index (χ1v) is 8.40. The van der Waals surface area contributed by atoms with Gasteiger partial charge in [-0.15, -0.1) is 0 Å². The molecule has 1 atom stereocenters. The van der Waals surface area contributed by atoms with Gasteiger partial charge in [0.1, 0.15) is 23.9 Å². The summed E-state index contributed by atoms with van der Waals surface area (Å²) < 4.78 is 11.0. The third-order valence-electron chi connectivity index (χ3n) is 3.71. The normalized spacial score (nSPS) is 11.5. The number of carboxylic acids is 1. The van der Waals surface area contributed by atoms with Crippen LogP contribution in [-0.4, -0.2) is 41.8 Å². The van der Waals surface area contributed by atoms with Crippen LogP contribution in [0.5, 0.6) is 11.5 Å². The Hall–Kier alpha value is -3.26. The van der Waals surface area contributed by atoms with Gasteiger partial charge in [0, 0.05) is 16.8 Å². The largest absolute Gasteiger partial charge is 0.494 e. The van der Waals surface area contributed by atoms with Crippen molar-refractivity contribution in [3.63, 3.8) is 0 Å². The molecule has 0 saturated heterocycles. The number of anilines is 1. The first kappa shape index (κ1) is 20.1. The van der Waals surface area contributed by atoms with Crippen molar-refractivity contribution in [2.45, 2.75) is 13.0 Å². The molecule has 1 unspecified atom stereocenters. The molecule has 0 aliphatic carbocycles. The van der Waals surface area contributed by atoms with E-state index in [9.17, 15) is 9.90 Å². The maximum absolute atomic E-state index is 11.9. The summed E-state index contributed by atoms with van der Waals surface area (Å²) >= 11 is 0. The number of nitrogens with one attached hydrogen (secondary N) is 2. The molecule has 144 valence electrons. The van der Waals surface area contributed by atoms with E-state index in [2.05, 4.69) is 5.32 Å². The highest BCUT2D eigenvalue weighted by Gasteiger charge is 2.24. The molecule has 0 fully saturated rings. The fourth-order valence-electron chi connectivity index (χ4n) is 2.48. The van der Waals surface area contributed by atoms with Gasteiger partial charge < -0.3 is 30.7 Å². The van der Waals surface area contributed by atoms with E-state index in [1.807, 2.05) is 6.92 Å². The van der Waals surface area contributed by atoms with Crippen molar-refractivity contribution >= 4 is 17.5 Å². The lowest BCUT2D eigenvalue weighted by molar-refractivity contribution is -0.138. The molecule has 27 heavy (non-hydrogen) atoms. The molecule has 0 radical (unpaired) electrons. The van der Waals surface area contributed by atoms with Crippen LogP contribution in [0.1, 0.15) is 24.1 Å². The second-order valence-corrected chi connectivity index (χ2v) is 5.61. The fraction of sp³-hybridized carbons (Fsp3) is 0.263. The van der Waals surface area contributed by atoms with E-state index in [1.165, 1.54) is 0 Å². The van der Waals surface area contributed by atoms with Crippen LogP contribution in [0.2, 0.25) is 0 Å². The van der Waals surface area contributed by atoms with E-state index < -0.39 is 12.0 Å². The average Bonchev–Trinajstić information content (AvgIpc) is 2.65. The van der Waals surface area contributed by atoms with Crippen LogP contribution >= 0.6 is 0 Å². The van der Waals surface area contributed by atoms with E-state index in [-0.39, 0.29) is 19.0 Å². The van der Waals surface area contributed by atoms with Crippen molar-refractivity contribution in [2.75, 3.05) is 25.1 Å². The lowest BCUT2D eigenvalue weighted by Crippen LogP contribution is -2.22. The molecule has 2 rings (SSSR count). The van der Waals surface area contributed by atoms with E-state index in [0.29, 0.717) is 34.9 Å². The summed E-state index contributed by atoms with van der Waals surface area (Å²) in [6.45, 7) is 2.12. The zero-order valence-electron chi connectivity index (χ0n) is 14.9. The number of rotatable bonds is 10. The van der Waals surface area contributed by atoms with Gasteiger partial charge in [-0.25, -0.2) is 4.79 Å². The molecule has 8 nitrogen and oxygen atoms in total. The number of nitrogens with two attached hydrogens (primary N) is 1. The van der Waals surface area contributed by atoms with Crippen molar-refractivity contribution in [3.8, 4) is 11.5 Å². The minimum absolute atomic E-state index is 0.0423. The third kappa shape index (κ3) is 5.35. The van der Waals surface area contributed by atoms with Gasteiger partial charge in [0.2, 0.25) is 0 Å². The van der Waals surface area contributed by atoms with Crippen molar-refractivity contribution in [1.82, 2.24) is 0 Å². The number of aliphatic carboxylic acids is 1. The second kappa shape index (κ2) is 9.44. The summed E-state index contributed by atoms with van der Waals surface area (Å²) in [6.07, 6.45) is 0. The summed E-state index contributed by atoms with van der Waals surface area (Å²) in [6, 6.07) is 10.3. The molecule has 6 N–H and O–H groups in total. The Morgan fingerprint density at radius 1 is 1.22 bits per heavy atom. The minimum Gasteiger partial charge on any atom is -0.494 e. The van der Waals surface area contributed by atoms with Crippen molar-refractivity contribution in [2.24, 2.45) is 5.73 Å². The lowest BCUT2D eigenvalue weighted by Gasteiger charge is -2.20. The quantitative estimate of drug-likeness (QED) is 0.317. The van der Waals surface area contributed by atoms with Crippen molar-refractivity contribution in [1.29, 1.82) is 5.41 Å². The average molecular weight is 373 g/mol. The Labute approximate surface area is 157 Å². The van der Waals surface area contributed by atoms with Gasteiger partial charge in [-0.3, -0.25) is 5.41 Å². The number of carbonyl (C=O) groups is 1. The van der Waals surface area contributed by atoms with Crippen LogP contribution in [0.4, 0.5) is 5.69 Å². The van der Waals surface area contributed by atoms with E-state index in [0.717, 1.165) is 0 Å². The van der Waals surface area contributed by atoms with E-state index in [4.69, 9.17) is 25.7 Å². The van der Waals surface area contributed by atoms with Gasteiger partial charge in [-0.1, -0.05) is 0 Å². The molecule has 0 bridgehead atoms. The van der Waals surface area contributed by atoms with Crippen LogP contribution in [0.3, 0.4) is 0 Å². The smallest absolute Gasteiger partial charge is 0.330 e. The molecule has 0 saturated carbocycles. The first-order valence-electron chi connectivity index (χ1n) is 8.40. The predicted octanol–water partition coefficient (Wildman–Crippen LogP) is 1.98. The van der Waals surface area contributed by atoms with Crippen LogP contribution in [-0.2, 0) is 4.79 Å². The Bertz CT molecular complexity index is 792. The molecular formula is C19H23N3O5. The number of ether oxygens (including phenoxy) is 2. The summed E-state index contributed by atoms with van der Waals surface area (Å²) in [5.41, 5.74) is 6.89. The molecule has 0 heterocycles. The number of aliphatic hydroxyl groups excluding tert-OH is 1. The highest BCUT2D eigenvalue weighted by atomic mass is 16.5. The lowest BCUT2D eigenvalue weighted by atomic mass is 10.0. The molecule has 2 aromatic rings. The van der Waals surface area contributed by atoms with Crippen molar-refractivity contribution < 1.29 is 24.5 Å². The third-order valence-corrected chi connectivity index (χ3v) is 3.71. The zero-order valence-corrected chi connectivity index (χ0v) is 14.9. The van der Waals surface area contributed by atoms with Crippen LogP contribution < -0.4 is 20.5 Å². The topological polar surface area (TPSA) is 138 Å². The second-order valence-electron chi connectivity index (χ2n) is 5.61. The van der Waals surface area contributed by atoms with Gasteiger partial charge in [-0.2, -0.15) is 0 Å². The van der Waals surface area contributed by atoms with E-state index >= 15 is 0 Å². The molecular weight excluding hydrogens is 350 g/mol. The molecule has 0 spiro atoms. The predicted molar refractivity (Wildman–Crippen MR) is 102 cm³/mol. The molecule has 0 aliphatic heterocycles. The number of benzene rings is 2. The monoisotopic (exact) mass is 373 g/mol. The van der Waals surface area contributed by atoms with Gasteiger partial charge in [0.15, 0.2) is 6.04 Å². The van der Waals surface area contributed by atoms with Crippen molar-refractivity contribution in [3.05, 3.63) is 53.6 Å². The fourth-order valence-corrected chi connectivity index (χ4v) is 2.48. The van der Waals surface area contributed by atoms with Crippen LogP contribution in [0.25, 0.3) is 0 Å². The van der Waals surface area contributed by atoms with Gasteiger partial charge >= 0.3 is 5.97 Å². The molecule has 8 heteroatoms. The standard InChI is InChI=1S/C19H23N3O5/c1-2-26-14-7-8-16(27-10-9-23)15(11-14)17(19(24)25)22-13-5-3-12(4-6-13)18(20)21/h3-8,11,17,22-23H,2,9-10H2,1H3,(H3,20,21)(H,24,25). The molecule has 2 aromatic carbocycles. The highest BCUT2D eigenvalue weighted by molar-refractivity contribution is 5.95. The Morgan fingerprint density at radius 2 is 1.93 bits per heavy atom. The molecule has 0 aromatic heterocycles. The van der Waals surface area contributed by atoms with Gasteiger partial charge in [0.25, 0.3) is 0 Å². The Kier molecular flexibility index (Phi) is 7.01. The van der Waals surface area contributed by atoms with Gasteiger partial charge in [-0.05, 0) is 49.4 Å².